The van der Waals surface area contributed by atoms with Crippen LogP contribution in [0.25, 0.3) is 11.0 Å². The Hall–Kier alpha value is -3.77. The lowest BCUT2D eigenvalue weighted by atomic mass is 9.97. The highest BCUT2D eigenvalue weighted by Gasteiger charge is 2.44. The third-order valence-electron chi connectivity index (χ3n) is 6.73. The molecule has 3 aromatic carbocycles. The van der Waals surface area contributed by atoms with Crippen molar-refractivity contribution in [1.82, 2.24) is 0 Å². The van der Waals surface area contributed by atoms with Crippen molar-refractivity contribution in [3.8, 4) is 11.5 Å². The minimum absolute atomic E-state index is 0.0354. The fourth-order valence-corrected chi connectivity index (χ4v) is 5.02. The number of nitrogens with zero attached hydrogens (tertiary/aromatic N) is 1. The molecule has 1 aliphatic heterocycles. The zero-order chi connectivity index (χ0) is 26.8. The summed E-state index contributed by atoms with van der Waals surface area (Å²) in [6, 6.07) is 17.3. The number of aryl methyl sites for hydroxylation is 1. The largest absolute Gasteiger partial charge is 0.490 e. The van der Waals surface area contributed by atoms with E-state index in [1.54, 1.807) is 23.1 Å². The van der Waals surface area contributed by atoms with E-state index in [1.807, 2.05) is 56.3 Å². The van der Waals surface area contributed by atoms with Gasteiger partial charge >= 0.3 is 0 Å². The molecule has 1 aliphatic rings. The Bertz CT molecular complexity index is 1540. The minimum atomic E-state index is -0.715. The lowest BCUT2D eigenvalue weighted by molar-refractivity contribution is 0.0971. The molecular formula is C31H30ClNO5. The van der Waals surface area contributed by atoms with Crippen LogP contribution < -0.4 is 19.8 Å². The first kappa shape index (κ1) is 25.9. The standard InChI is InChI=1S/C31H30ClNO5/c1-4-6-7-16-37-25-14-10-20(17-26(25)36-5-2)28-27-29(34)23-18-21(32)11-15-24(23)38-30(27)31(35)33(28)22-12-8-19(3)9-13-22/h8-15,17-18,28H,4-7,16H2,1-3H3. The number of benzene rings is 3. The van der Waals surface area contributed by atoms with Gasteiger partial charge in [-0.05, 0) is 68.3 Å². The number of carbonyl (C=O) groups excluding carboxylic acids is 1. The van der Waals surface area contributed by atoms with E-state index >= 15 is 0 Å². The van der Waals surface area contributed by atoms with Gasteiger partial charge in [0.1, 0.15) is 5.58 Å². The topological polar surface area (TPSA) is 69.0 Å². The first-order valence-electron chi connectivity index (χ1n) is 13.0. The summed E-state index contributed by atoms with van der Waals surface area (Å²) in [5.74, 6) is 0.865. The summed E-state index contributed by atoms with van der Waals surface area (Å²) in [5.41, 5.74) is 2.76. The molecule has 0 saturated heterocycles. The van der Waals surface area contributed by atoms with Crippen LogP contribution in [0.4, 0.5) is 5.69 Å². The van der Waals surface area contributed by atoms with E-state index in [0.29, 0.717) is 46.4 Å². The molecule has 5 rings (SSSR count). The maximum absolute atomic E-state index is 13.9. The Labute approximate surface area is 226 Å². The van der Waals surface area contributed by atoms with Crippen molar-refractivity contribution in [3.63, 3.8) is 0 Å². The monoisotopic (exact) mass is 531 g/mol. The number of anilines is 1. The molecule has 1 aromatic heterocycles. The molecule has 0 spiro atoms. The minimum Gasteiger partial charge on any atom is -0.490 e. The molecule has 1 amide bonds. The number of halogens is 1. The van der Waals surface area contributed by atoms with Crippen LogP contribution in [0.3, 0.4) is 0 Å². The fourth-order valence-electron chi connectivity index (χ4n) is 4.85. The molecule has 38 heavy (non-hydrogen) atoms. The van der Waals surface area contributed by atoms with Crippen molar-refractivity contribution < 1.29 is 18.7 Å². The van der Waals surface area contributed by atoms with Crippen LogP contribution in [-0.4, -0.2) is 19.1 Å². The van der Waals surface area contributed by atoms with Crippen LogP contribution in [-0.2, 0) is 0 Å². The first-order valence-corrected chi connectivity index (χ1v) is 13.4. The molecule has 196 valence electrons. The van der Waals surface area contributed by atoms with Crippen LogP contribution in [0.2, 0.25) is 5.02 Å². The second-order valence-corrected chi connectivity index (χ2v) is 9.86. The molecule has 2 heterocycles. The average molecular weight is 532 g/mol. The van der Waals surface area contributed by atoms with Crippen LogP contribution in [0, 0.1) is 6.92 Å². The highest BCUT2D eigenvalue weighted by Crippen LogP contribution is 2.43. The molecule has 1 atom stereocenters. The molecule has 0 N–H and O–H groups in total. The van der Waals surface area contributed by atoms with Crippen molar-refractivity contribution in [1.29, 1.82) is 0 Å². The van der Waals surface area contributed by atoms with Gasteiger partial charge in [0.05, 0.1) is 30.2 Å². The first-order chi connectivity index (χ1) is 18.4. The van der Waals surface area contributed by atoms with Gasteiger partial charge in [-0.1, -0.05) is 55.1 Å². The van der Waals surface area contributed by atoms with E-state index in [4.69, 9.17) is 25.5 Å². The number of hydrogen-bond donors (Lipinski definition) is 0. The molecule has 6 nitrogen and oxygen atoms in total. The van der Waals surface area contributed by atoms with Gasteiger partial charge in [-0.15, -0.1) is 0 Å². The van der Waals surface area contributed by atoms with Gasteiger partial charge in [-0.25, -0.2) is 0 Å². The Morgan fingerprint density at radius 3 is 2.45 bits per heavy atom. The van der Waals surface area contributed by atoms with Gasteiger partial charge in [0.2, 0.25) is 5.76 Å². The highest BCUT2D eigenvalue weighted by molar-refractivity contribution is 6.31. The molecule has 7 heteroatoms. The van der Waals surface area contributed by atoms with Crippen LogP contribution >= 0.6 is 11.6 Å². The van der Waals surface area contributed by atoms with E-state index in [-0.39, 0.29) is 22.7 Å². The summed E-state index contributed by atoms with van der Waals surface area (Å²) >= 11 is 6.21. The Balaban J connectivity index is 1.68. The van der Waals surface area contributed by atoms with Gasteiger partial charge in [0.25, 0.3) is 5.91 Å². The Morgan fingerprint density at radius 1 is 0.921 bits per heavy atom. The van der Waals surface area contributed by atoms with E-state index in [2.05, 4.69) is 6.92 Å². The van der Waals surface area contributed by atoms with E-state index < -0.39 is 6.04 Å². The molecular weight excluding hydrogens is 502 g/mol. The van der Waals surface area contributed by atoms with Gasteiger partial charge < -0.3 is 13.9 Å². The smallest absolute Gasteiger partial charge is 0.295 e. The van der Waals surface area contributed by atoms with Crippen molar-refractivity contribution in [3.05, 3.63) is 98.4 Å². The molecule has 1 unspecified atom stereocenters. The number of fused-ring (bicyclic) bond motifs is 2. The number of carbonyl (C=O) groups is 1. The molecule has 0 radical (unpaired) electrons. The third-order valence-corrected chi connectivity index (χ3v) is 6.97. The van der Waals surface area contributed by atoms with Gasteiger partial charge in [-0.3, -0.25) is 14.5 Å². The second-order valence-electron chi connectivity index (χ2n) is 9.42. The van der Waals surface area contributed by atoms with Crippen LogP contribution in [0.1, 0.15) is 66.4 Å². The van der Waals surface area contributed by atoms with Crippen molar-refractivity contribution >= 4 is 34.2 Å². The second kappa shape index (κ2) is 10.9. The zero-order valence-electron chi connectivity index (χ0n) is 21.8. The number of hydrogen-bond acceptors (Lipinski definition) is 5. The number of unbranched alkanes of at least 4 members (excludes halogenated alkanes) is 2. The van der Waals surface area contributed by atoms with Crippen molar-refractivity contribution in [2.24, 2.45) is 0 Å². The van der Waals surface area contributed by atoms with E-state index in [1.165, 1.54) is 0 Å². The van der Waals surface area contributed by atoms with Crippen molar-refractivity contribution in [2.45, 2.75) is 46.1 Å². The van der Waals surface area contributed by atoms with Gasteiger partial charge in [0.15, 0.2) is 16.9 Å². The summed E-state index contributed by atoms with van der Waals surface area (Å²) in [6.07, 6.45) is 3.14. The summed E-state index contributed by atoms with van der Waals surface area (Å²) in [4.78, 5) is 29.3. The lowest BCUT2D eigenvalue weighted by Crippen LogP contribution is -2.29. The quantitative estimate of drug-likeness (QED) is 0.209. The summed E-state index contributed by atoms with van der Waals surface area (Å²) < 4.78 is 18.0. The molecule has 0 aliphatic carbocycles. The van der Waals surface area contributed by atoms with Crippen molar-refractivity contribution in [2.75, 3.05) is 18.1 Å². The molecule has 4 aromatic rings. The van der Waals surface area contributed by atoms with E-state index in [0.717, 1.165) is 30.4 Å². The summed E-state index contributed by atoms with van der Waals surface area (Å²) in [6.45, 7) is 7.07. The summed E-state index contributed by atoms with van der Waals surface area (Å²) in [7, 11) is 0. The predicted octanol–water partition coefficient (Wildman–Crippen LogP) is 7.47. The Morgan fingerprint density at radius 2 is 1.71 bits per heavy atom. The van der Waals surface area contributed by atoms with Crippen LogP contribution in [0.5, 0.6) is 11.5 Å². The third kappa shape index (κ3) is 4.76. The number of rotatable bonds is 9. The van der Waals surface area contributed by atoms with Crippen LogP contribution in [0.15, 0.2) is 69.9 Å². The maximum Gasteiger partial charge on any atom is 0.295 e. The maximum atomic E-state index is 13.9. The zero-order valence-corrected chi connectivity index (χ0v) is 22.5. The molecule has 0 fully saturated rings. The van der Waals surface area contributed by atoms with Gasteiger partial charge in [0, 0.05) is 10.7 Å². The normalized spacial score (nSPS) is 14.7. The lowest BCUT2D eigenvalue weighted by Gasteiger charge is -2.26. The van der Waals surface area contributed by atoms with E-state index in [9.17, 15) is 9.59 Å². The highest BCUT2D eigenvalue weighted by atomic mass is 35.5. The molecule has 0 bridgehead atoms. The number of amides is 1. The molecule has 0 saturated carbocycles. The predicted molar refractivity (Wildman–Crippen MR) is 150 cm³/mol. The summed E-state index contributed by atoms with van der Waals surface area (Å²) in [5, 5.41) is 0.755. The fraction of sp³-hybridized carbons (Fsp3) is 0.290. The van der Waals surface area contributed by atoms with Gasteiger partial charge in [-0.2, -0.15) is 0 Å². The SMILES string of the molecule is CCCCCOc1ccc(C2c3c(oc4ccc(Cl)cc4c3=O)C(=O)N2c2ccc(C)cc2)cc1OCC. The average Bonchev–Trinajstić information content (AvgIpc) is 3.20. The Kier molecular flexibility index (Phi) is 7.43. The number of ether oxygens (including phenoxy) is 2.